The summed E-state index contributed by atoms with van der Waals surface area (Å²) in [6.45, 7) is 7.51. The van der Waals surface area contributed by atoms with Crippen molar-refractivity contribution < 1.29 is 0 Å². The van der Waals surface area contributed by atoms with Crippen LogP contribution in [0.25, 0.3) is 0 Å². The molecule has 1 heterocycles. The minimum Gasteiger partial charge on any atom is -0.350 e. The first-order chi connectivity index (χ1) is 8.65. The predicted octanol–water partition coefficient (Wildman–Crippen LogP) is 3.60. The third-order valence-corrected chi connectivity index (χ3v) is 3.06. The van der Waals surface area contributed by atoms with E-state index in [1.54, 1.807) is 0 Å². The van der Waals surface area contributed by atoms with Crippen LogP contribution in [0.1, 0.15) is 37.9 Å². The first-order valence-electron chi connectivity index (χ1n) is 6.61. The molecule has 0 saturated carbocycles. The Bertz CT molecular complexity index is 471. The molecule has 0 aliphatic rings. The number of hydrogen-bond acceptors (Lipinski definition) is 1. The van der Waals surface area contributed by atoms with E-state index >= 15 is 0 Å². The lowest BCUT2D eigenvalue weighted by Crippen LogP contribution is -2.25. The summed E-state index contributed by atoms with van der Waals surface area (Å²) in [6.07, 6.45) is 4.38. The third kappa shape index (κ3) is 3.47. The van der Waals surface area contributed by atoms with E-state index in [9.17, 15) is 0 Å². The molecule has 1 atom stereocenters. The molecular formula is C16H22N2. The fraction of sp³-hybridized carbons (Fsp3) is 0.375. The van der Waals surface area contributed by atoms with Crippen molar-refractivity contribution in [1.82, 2.24) is 9.88 Å². The van der Waals surface area contributed by atoms with E-state index in [1.807, 2.05) is 0 Å². The molecule has 1 N–H and O–H groups in total. The van der Waals surface area contributed by atoms with Gasteiger partial charge >= 0.3 is 0 Å². The summed E-state index contributed by atoms with van der Waals surface area (Å²) >= 11 is 0. The second kappa shape index (κ2) is 5.87. The van der Waals surface area contributed by atoms with Crippen molar-refractivity contribution in [2.24, 2.45) is 0 Å². The molecule has 1 aromatic carbocycles. The van der Waals surface area contributed by atoms with E-state index < -0.39 is 0 Å². The molecule has 2 rings (SSSR count). The molecule has 0 unspecified atom stereocenters. The van der Waals surface area contributed by atoms with Gasteiger partial charge in [0.1, 0.15) is 0 Å². The van der Waals surface area contributed by atoms with Gasteiger partial charge in [-0.3, -0.25) is 0 Å². The Kier molecular flexibility index (Phi) is 4.21. The molecule has 0 aliphatic heterocycles. The Labute approximate surface area is 110 Å². The number of nitrogens with one attached hydrogen (secondary N) is 1. The fourth-order valence-corrected chi connectivity index (χ4v) is 2.20. The average Bonchev–Trinajstić information content (AvgIpc) is 2.78. The van der Waals surface area contributed by atoms with E-state index in [1.165, 1.54) is 11.1 Å². The Morgan fingerprint density at radius 1 is 1.06 bits per heavy atom. The molecule has 96 valence electrons. The third-order valence-electron chi connectivity index (χ3n) is 3.06. The summed E-state index contributed by atoms with van der Waals surface area (Å²) in [5.74, 6) is 0. The largest absolute Gasteiger partial charge is 0.350 e. The van der Waals surface area contributed by atoms with Crippen LogP contribution in [0.15, 0.2) is 48.8 Å². The van der Waals surface area contributed by atoms with Crippen molar-refractivity contribution in [1.29, 1.82) is 0 Å². The molecule has 0 aliphatic carbocycles. The predicted molar refractivity (Wildman–Crippen MR) is 76.7 cm³/mol. The molecule has 2 nitrogen and oxygen atoms in total. The van der Waals surface area contributed by atoms with Gasteiger partial charge in [-0.2, -0.15) is 0 Å². The monoisotopic (exact) mass is 242 g/mol. The van der Waals surface area contributed by atoms with E-state index in [-0.39, 0.29) is 0 Å². The molecule has 0 radical (unpaired) electrons. The van der Waals surface area contributed by atoms with Gasteiger partial charge in [0.05, 0.1) is 0 Å². The zero-order valence-electron chi connectivity index (χ0n) is 11.4. The highest BCUT2D eigenvalue weighted by atomic mass is 15.0. The molecule has 1 aromatic heterocycles. The fourth-order valence-electron chi connectivity index (χ4n) is 2.20. The molecule has 0 fully saturated rings. The minimum atomic E-state index is 0.405. The molecule has 0 amide bonds. The van der Waals surface area contributed by atoms with Crippen LogP contribution >= 0.6 is 0 Å². The van der Waals surface area contributed by atoms with Crippen LogP contribution in [-0.2, 0) is 6.54 Å². The standard InChI is InChI=1S/C16H22N2/c1-13(2)17-14(3)16-9-10-18(12-16)11-15-7-5-4-6-8-15/h4-10,12-14,17H,11H2,1-3H3/t14-/m0/s1. The van der Waals surface area contributed by atoms with Crippen LogP contribution in [-0.4, -0.2) is 10.6 Å². The summed E-state index contributed by atoms with van der Waals surface area (Å²) in [4.78, 5) is 0. The van der Waals surface area contributed by atoms with Gasteiger partial charge in [-0.25, -0.2) is 0 Å². The second-order valence-electron chi connectivity index (χ2n) is 5.15. The maximum absolute atomic E-state index is 3.52. The van der Waals surface area contributed by atoms with Gasteiger partial charge in [-0.15, -0.1) is 0 Å². The highest BCUT2D eigenvalue weighted by Gasteiger charge is 2.07. The van der Waals surface area contributed by atoms with Crippen molar-refractivity contribution in [2.45, 2.75) is 39.4 Å². The van der Waals surface area contributed by atoms with E-state index in [2.05, 4.69) is 79.4 Å². The smallest absolute Gasteiger partial charge is 0.0470 e. The van der Waals surface area contributed by atoms with Crippen molar-refractivity contribution in [3.8, 4) is 0 Å². The van der Waals surface area contributed by atoms with Gasteiger partial charge in [-0.1, -0.05) is 44.2 Å². The number of benzene rings is 1. The lowest BCUT2D eigenvalue weighted by atomic mass is 10.1. The molecule has 0 spiro atoms. The van der Waals surface area contributed by atoms with Crippen molar-refractivity contribution in [3.63, 3.8) is 0 Å². The summed E-state index contributed by atoms with van der Waals surface area (Å²) in [5.41, 5.74) is 2.68. The highest BCUT2D eigenvalue weighted by Crippen LogP contribution is 2.14. The maximum Gasteiger partial charge on any atom is 0.0470 e. The number of hydrogen-bond donors (Lipinski definition) is 1. The lowest BCUT2D eigenvalue weighted by Gasteiger charge is -2.15. The van der Waals surface area contributed by atoms with E-state index in [4.69, 9.17) is 0 Å². The minimum absolute atomic E-state index is 0.405. The molecule has 0 saturated heterocycles. The Hall–Kier alpha value is -1.54. The van der Waals surface area contributed by atoms with Gasteiger partial charge in [0.25, 0.3) is 0 Å². The zero-order valence-corrected chi connectivity index (χ0v) is 11.4. The number of nitrogens with zero attached hydrogens (tertiary/aromatic N) is 1. The molecule has 0 bridgehead atoms. The molecule has 2 heteroatoms. The Balaban J connectivity index is 2.02. The van der Waals surface area contributed by atoms with Gasteiger partial charge in [-0.05, 0) is 24.1 Å². The van der Waals surface area contributed by atoms with Crippen molar-refractivity contribution in [3.05, 3.63) is 59.9 Å². The number of rotatable bonds is 5. The van der Waals surface area contributed by atoms with Crippen LogP contribution in [0, 0.1) is 0 Å². The van der Waals surface area contributed by atoms with Crippen LogP contribution in [0.2, 0.25) is 0 Å². The van der Waals surface area contributed by atoms with Gasteiger partial charge in [0, 0.05) is 31.0 Å². The van der Waals surface area contributed by atoms with Gasteiger partial charge < -0.3 is 9.88 Å². The lowest BCUT2D eigenvalue weighted by molar-refractivity contribution is 0.506. The van der Waals surface area contributed by atoms with Crippen LogP contribution < -0.4 is 5.32 Å². The molecule has 18 heavy (non-hydrogen) atoms. The average molecular weight is 242 g/mol. The van der Waals surface area contributed by atoms with Gasteiger partial charge in [0.2, 0.25) is 0 Å². The summed E-state index contributed by atoms with van der Waals surface area (Å²) in [6, 6.07) is 13.7. The highest BCUT2D eigenvalue weighted by molar-refractivity contribution is 5.19. The van der Waals surface area contributed by atoms with E-state index in [0.717, 1.165) is 6.54 Å². The Morgan fingerprint density at radius 2 is 1.78 bits per heavy atom. The quantitative estimate of drug-likeness (QED) is 0.847. The topological polar surface area (TPSA) is 17.0 Å². The summed E-state index contributed by atoms with van der Waals surface area (Å²) < 4.78 is 2.24. The zero-order chi connectivity index (χ0) is 13.0. The first-order valence-corrected chi connectivity index (χ1v) is 6.61. The molecule has 2 aromatic rings. The first kappa shape index (κ1) is 12.9. The summed E-state index contributed by atoms with van der Waals surface area (Å²) in [5, 5.41) is 3.52. The van der Waals surface area contributed by atoms with Crippen LogP contribution in [0.4, 0.5) is 0 Å². The van der Waals surface area contributed by atoms with Gasteiger partial charge in [0.15, 0.2) is 0 Å². The normalized spacial score (nSPS) is 12.9. The SMILES string of the molecule is CC(C)N[C@@H](C)c1ccn(Cc2ccccc2)c1. The van der Waals surface area contributed by atoms with Crippen molar-refractivity contribution in [2.75, 3.05) is 0 Å². The van der Waals surface area contributed by atoms with Crippen LogP contribution in [0.3, 0.4) is 0 Å². The number of aromatic nitrogens is 1. The maximum atomic E-state index is 3.52. The van der Waals surface area contributed by atoms with Crippen LogP contribution in [0.5, 0.6) is 0 Å². The Morgan fingerprint density at radius 3 is 2.44 bits per heavy atom. The second-order valence-corrected chi connectivity index (χ2v) is 5.15. The van der Waals surface area contributed by atoms with E-state index in [0.29, 0.717) is 12.1 Å². The van der Waals surface area contributed by atoms with Crippen molar-refractivity contribution >= 4 is 0 Å². The molecular weight excluding hydrogens is 220 g/mol. The summed E-state index contributed by atoms with van der Waals surface area (Å²) in [7, 11) is 0.